The number of aryl methyl sites for hydroxylation is 2. The summed E-state index contributed by atoms with van der Waals surface area (Å²) in [5, 5.41) is 20.3. The van der Waals surface area contributed by atoms with E-state index in [1.165, 1.54) is 6.07 Å². The van der Waals surface area contributed by atoms with Gasteiger partial charge in [-0.05, 0) is 116 Å². The highest BCUT2D eigenvalue weighted by Crippen LogP contribution is 2.46. The maximum absolute atomic E-state index is 15.5. The second-order valence-electron chi connectivity index (χ2n) is 16.5. The molecule has 1 saturated carbocycles. The summed E-state index contributed by atoms with van der Waals surface area (Å²) in [6.07, 6.45) is 2.66. The van der Waals surface area contributed by atoms with Gasteiger partial charge in [-0.1, -0.05) is 60.1 Å². The molecule has 2 heterocycles. The van der Waals surface area contributed by atoms with Gasteiger partial charge in [0.25, 0.3) is 5.91 Å². The molecule has 3 unspecified atom stereocenters. The van der Waals surface area contributed by atoms with Crippen LogP contribution in [0.1, 0.15) is 66.3 Å². The van der Waals surface area contributed by atoms with Gasteiger partial charge in [0.1, 0.15) is 22.3 Å². The van der Waals surface area contributed by atoms with Crippen molar-refractivity contribution in [3.05, 3.63) is 129 Å². The standard InChI is InChI=1S/C48H53ClF2N4O10/c1-29-22-31(11-18-42(29)62-3)27-53(35-14-15-35)47(57)43-38(33-12-9-30(10-13-33)7-5-20-63-45-40(51)17-16-39(50)44(45)49)26-36-24-34(46(56)52-19-21-61-2)25-41(43)54(36)48(58)65-37-8-4-6-32(23-37)28-64-55(59)60/h4,6,8-13,16-18,22-23,34-36,41,59-60H,5,7,14-15,19-21,24-28H2,1-3H3,(H,52,56). The van der Waals surface area contributed by atoms with Crippen molar-refractivity contribution in [3.63, 3.8) is 0 Å². The van der Waals surface area contributed by atoms with Crippen LogP contribution >= 0.6 is 11.6 Å². The number of piperidine rings is 1. The number of hydrogen-bond donors (Lipinski definition) is 3. The van der Waals surface area contributed by atoms with Crippen molar-refractivity contribution < 1.29 is 57.4 Å². The number of halogens is 3. The molecule has 2 aliphatic heterocycles. The minimum absolute atomic E-state index is 0.0347. The molecule has 3 aliphatic rings. The molecule has 17 heteroatoms. The molecule has 14 nitrogen and oxygen atoms in total. The van der Waals surface area contributed by atoms with Crippen LogP contribution in [0, 0.1) is 24.5 Å². The highest BCUT2D eigenvalue weighted by molar-refractivity contribution is 6.32. The molecule has 7 rings (SSSR count). The number of fused-ring (bicyclic) bond motifs is 2. The first-order chi connectivity index (χ1) is 31.3. The van der Waals surface area contributed by atoms with E-state index in [2.05, 4.69) is 5.32 Å². The fraction of sp³-hybridized carbons (Fsp3) is 0.396. The lowest BCUT2D eigenvalue weighted by atomic mass is 9.73. The average Bonchev–Trinajstić information content (AvgIpc) is 4.14. The lowest BCUT2D eigenvalue weighted by molar-refractivity contribution is -0.497. The molecule has 3 N–H and O–H groups in total. The maximum atomic E-state index is 15.5. The smallest absolute Gasteiger partial charge is 0.416 e. The van der Waals surface area contributed by atoms with Crippen molar-refractivity contribution in [3.8, 4) is 17.2 Å². The summed E-state index contributed by atoms with van der Waals surface area (Å²) in [4.78, 5) is 52.0. The second kappa shape index (κ2) is 21.6. The van der Waals surface area contributed by atoms with E-state index in [0.717, 1.165) is 58.6 Å². The van der Waals surface area contributed by atoms with Gasteiger partial charge in [0.05, 0.1) is 38.4 Å². The van der Waals surface area contributed by atoms with Crippen LogP contribution in [-0.2, 0) is 38.7 Å². The molecular formula is C48H53ClF2N4O10. The summed E-state index contributed by atoms with van der Waals surface area (Å²) in [6, 6.07) is 20.5. The van der Waals surface area contributed by atoms with Gasteiger partial charge in [0, 0.05) is 43.8 Å². The Hall–Kier alpha value is -5.62. The summed E-state index contributed by atoms with van der Waals surface area (Å²) < 4.78 is 50.4. The zero-order valence-corrected chi connectivity index (χ0v) is 37.2. The first kappa shape index (κ1) is 47.3. The lowest BCUT2D eigenvalue weighted by Crippen LogP contribution is -2.59. The average molecular weight is 919 g/mol. The zero-order valence-electron chi connectivity index (χ0n) is 36.4. The Kier molecular flexibility index (Phi) is 15.7. The third-order valence-electron chi connectivity index (χ3n) is 12.0. The van der Waals surface area contributed by atoms with E-state index in [-0.39, 0.29) is 55.4 Å². The van der Waals surface area contributed by atoms with Crippen LogP contribution in [0.5, 0.6) is 17.2 Å². The Morgan fingerprint density at radius 1 is 0.908 bits per heavy atom. The molecule has 1 aliphatic carbocycles. The van der Waals surface area contributed by atoms with E-state index in [4.69, 9.17) is 45.8 Å². The fourth-order valence-electron chi connectivity index (χ4n) is 8.71. The van der Waals surface area contributed by atoms with Crippen LogP contribution in [0.4, 0.5) is 13.6 Å². The minimum Gasteiger partial charge on any atom is -0.496 e. The van der Waals surface area contributed by atoms with E-state index >= 15 is 4.79 Å². The van der Waals surface area contributed by atoms with Crippen molar-refractivity contribution in [2.24, 2.45) is 5.92 Å². The second-order valence-corrected chi connectivity index (χ2v) is 16.8. The number of hydrogen-bond acceptors (Lipinski definition) is 11. The van der Waals surface area contributed by atoms with Gasteiger partial charge >= 0.3 is 6.09 Å². The molecular weight excluding hydrogens is 866 g/mol. The summed E-state index contributed by atoms with van der Waals surface area (Å²) in [5.74, 6) is -1.91. The highest BCUT2D eigenvalue weighted by atomic mass is 35.5. The largest absolute Gasteiger partial charge is 0.496 e. The molecule has 2 bridgehead atoms. The number of nitrogens with zero attached hydrogens (tertiary/aromatic N) is 3. The van der Waals surface area contributed by atoms with Crippen LogP contribution in [0.2, 0.25) is 5.02 Å². The molecule has 4 aromatic rings. The Morgan fingerprint density at radius 3 is 2.37 bits per heavy atom. The van der Waals surface area contributed by atoms with Crippen molar-refractivity contribution in [2.75, 3.05) is 34.0 Å². The molecule has 3 amide bonds. The molecule has 1 saturated heterocycles. The maximum Gasteiger partial charge on any atom is 0.416 e. The van der Waals surface area contributed by atoms with E-state index in [0.29, 0.717) is 50.1 Å². The molecule has 346 valence electrons. The SMILES string of the molecule is COCCNC(=O)C1CC2CC(c3ccc(CCCOc4c(F)ccc(F)c4Cl)cc3)=C(C(=O)N(Cc3ccc(OC)c(C)c3)C3CC3)C(C1)N2C(=O)Oc1cccc(CON(O)O)c1. The topological polar surface area (TPSA) is 160 Å². The van der Waals surface area contributed by atoms with Crippen molar-refractivity contribution in [1.29, 1.82) is 0 Å². The Labute approximate surface area is 381 Å². The minimum atomic E-state index is -0.856. The van der Waals surface area contributed by atoms with Crippen LogP contribution in [0.15, 0.2) is 84.4 Å². The number of methoxy groups -OCH3 is 2. The van der Waals surface area contributed by atoms with E-state index in [9.17, 15) is 18.4 Å². The van der Waals surface area contributed by atoms with Gasteiger partial charge < -0.3 is 29.2 Å². The summed E-state index contributed by atoms with van der Waals surface area (Å²) in [7, 11) is 3.16. The molecule has 0 aromatic heterocycles. The Bertz CT molecular complexity index is 2380. The van der Waals surface area contributed by atoms with Gasteiger partial charge in [0.2, 0.25) is 5.91 Å². The number of rotatable bonds is 19. The number of carbonyl (C=O) groups is 3. The summed E-state index contributed by atoms with van der Waals surface area (Å²) in [5.41, 5.74) is 5.24. The van der Waals surface area contributed by atoms with Crippen LogP contribution < -0.4 is 19.5 Å². The number of carbonyl (C=O) groups excluding carboxylic acids is 3. The van der Waals surface area contributed by atoms with Gasteiger partial charge in [-0.3, -0.25) is 24.9 Å². The predicted molar refractivity (Wildman–Crippen MR) is 234 cm³/mol. The summed E-state index contributed by atoms with van der Waals surface area (Å²) in [6.45, 7) is 2.75. The first-order valence-corrected chi connectivity index (χ1v) is 21.9. The third kappa shape index (κ3) is 11.6. The molecule has 3 atom stereocenters. The summed E-state index contributed by atoms with van der Waals surface area (Å²) >= 11 is 5.94. The fourth-order valence-corrected chi connectivity index (χ4v) is 8.92. The number of ether oxygens (including phenoxy) is 4. The van der Waals surface area contributed by atoms with Gasteiger partial charge in [-0.15, -0.1) is 0 Å². The van der Waals surface area contributed by atoms with E-state index < -0.39 is 46.1 Å². The van der Waals surface area contributed by atoms with E-state index in [1.807, 2.05) is 54.3 Å². The highest BCUT2D eigenvalue weighted by Gasteiger charge is 2.50. The number of nitrogens with one attached hydrogen (secondary N) is 1. The molecule has 4 aromatic carbocycles. The van der Waals surface area contributed by atoms with E-state index in [1.54, 1.807) is 37.3 Å². The van der Waals surface area contributed by atoms with Crippen molar-refractivity contribution in [1.82, 2.24) is 20.5 Å². The normalized spacial score (nSPS) is 18.1. The third-order valence-corrected chi connectivity index (χ3v) is 12.3. The first-order valence-electron chi connectivity index (χ1n) is 21.5. The molecule has 0 radical (unpaired) electrons. The van der Waals surface area contributed by atoms with Gasteiger partial charge in [0.15, 0.2) is 11.6 Å². The number of amides is 3. The molecule has 0 spiro atoms. The van der Waals surface area contributed by atoms with Crippen LogP contribution in [0.3, 0.4) is 0 Å². The van der Waals surface area contributed by atoms with Crippen molar-refractivity contribution >= 4 is 35.1 Å². The van der Waals surface area contributed by atoms with Crippen LogP contribution in [-0.4, -0.2) is 95.6 Å². The predicted octanol–water partition coefficient (Wildman–Crippen LogP) is 8.22. The monoisotopic (exact) mass is 918 g/mol. The molecule has 2 fully saturated rings. The zero-order chi connectivity index (χ0) is 46.2. The number of benzene rings is 4. The van der Waals surface area contributed by atoms with Crippen LogP contribution in [0.25, 0.3) is 5.57 Å². The lowest BCUT2D eigenvalue weighted by Gasteiger charge is -2.49. The Morgan fingerprint density at radius 2 is 1.66 bits per heavy atom. The molecule has 65 heavy (non-hydrogen) atoms. The van der Waals surface area contributed by atoms with Gasteiger partial charge in [-0.2, -0.15) is 0 Å². The van der Waals surface area contributed by atoms with Crippen molar-refractivity contribution in [2.45, 2.75) is 83.1 Å². The van der Waals surface area contributed by atoms with Gasteiger partial charge in [-0.25, -0.2) is 18.4 Å². The quantitative estimate of drug-likeness (QED) is 0.0473. The Balaban J connectivity index is 1.23.